The third-order valence-electron chi connectivity index (χ3n) is 5.03. The van der Waals surface area contributed by atoms with Crippen LogP contribution in [0.15, 0.2) is 52.9 Å². The van der Waals surface area contributed by atoms with Crippen molar-refractivity contribution in [3.8, 4) is 11.1 Å². The van der Waals surface area contributed by atoms with E-state index in [1.165, 1.54) is 11.3 Å². The van der Waals surface area contributed by atoms with Crippen molar-refractivity contribution >= 4 is 37.6 Å². The van der Waals surface area contributed by atoms with Crippen LogP contribution in [0, 0.1) is 5.92 Å². The molecular weight excluding hydrogens is 452 g/mol. The Bertz CT molecular complexity index is 1390. The number of hydrogen-bond donors (Lipinski definition) is 2. The standard InChI is InChI=1S/C21H18N4O5S2/c26-19(13-6-7-13)23-18(20-25-24-17(30-20)11-32(27,28)29)21-22-15-9-8-14(10-16(15)31-21)12-4-2-1-3-5-12/h1-5,8-10,13,18H,6-7,11H2,(H,23,26)(H,27,28,29). The Labute approximate surface area is 187 Å². The Morgan fingerprint density at radius 3 is 2.66 bits per heavy atom. The first-order chi connectivity index (χ1) is 15.4. The Morgan fingerprint density at radius 1 is 1.16 bits per heavy atom. The zero-order chi connectivity index (χ0) is 22.3. The Balaban J connectivity index is 1.51. The van der Waals surface area contributed by atoms with Crippen molar-refractivity contribution in [3.63, 3.8) is 0 Å². The van der Waals surface area contributed by atoms with Gasteiger partial charge in [0.15, 0.2) is 11.8 Å². The number of carbonyl (C=O) groups is 1. The molecule has 1 aliphatic rings. The van der Waals surface area contributed by atoms with Crippen LogP contribution in [0.2, 0.25) is 0 Å². The van der Waals surface area contributed by atoms with Gasteiger partial charge in [-0.3, -0.25) is 9.35 Å². The lowest BCUT2D eigenvalue weighted by molar-refractivity contribution is -0.122. The van der Waals surface area contributed by atoms with Crippen LogP contribution in [0.25, 0.3) is 21.3 Å². The zero-order valence-corrected chi connectivity index (χ0v) is 18.3. The largest absolute Gasteiger partial charge is 0.421 e. The van der Waals surface area contributed by atoms with Crippen molar-refractivity contribution in [2.24, 2.45) is 5.92 Å². The van der Waals surface area contributed by atoms with E-state index in [0.717, 1.165) is 34.2 Å². The summed E-state index contributed by atoms with van der Waals surface area (Å²) in [5, 5.41) is 11.0. The van der Waals surface area contributed by atoms with Gasteiger partial charge in [0.2, 0.25) is 17.7 Å². The fourth-order valence-electron chi connectivity index (χ4n) is 3.31. The lowest BCUT2D eigenvalue weighted by atomic mass is 10.1. The van der Waals surface area contributed by atoms with Crippen LogP contribution in [0.1, 0.15) is 35.7 Å². The summed E-state index contributed by atoms with van der Waals surface area (Å²) in [7, 11) is -4.33. The lowest BCUT2D eigenvalue weighted by Crippen LogP contribution is -2.30. The molecule has 32 heavy (non-hydrogen) atoms. The molecule has 0 aliphatic heterocycles. The molecule has 1 aliphatic carbocycles. The van der Waals surface area contributed by atoms with Crippen molar-refractivity contribution < 1.29 is 22.2 Å². The molecule has 9 nitrogen and oxygen atoms in total. The fourth-order valence-corrected chi connectivity index (χ4v) is 4.79. The van der Waals surface area contributed by atoms with E-state index >= 15 is 0 Å². The summed E-state index contributed by atoms with van der Waals surface area (Å²) < 4.78 is 37.7. The average Bonchev–Trinajstić information content (AvgIpc) is 3.38. The molecule has 0 radical (unpaired) electrons. The maximum Gasteiger partial charge on any atom is 0.273 e. The van der Waals surface area contributed by atoms with E-state index in [1.807, 2.05) is 48.5 Å². The Kier molecular flexibility index (Phi) is 5.24. The number of amides is 1. The number of benzene rings is 2. The third kappa shape index (κ3) is 4.54. The van der Waals surface area contributed by atoms with E-state index in [0.29, 0.717) is 5.01 Å². The van der Waals surface area contributed by atoms with Crippen LogP contribution in [0.5, 0.6) is 0 Å². The molecule has 1 saturated carbocycles. The molecule has 1 atom stereocenters. The van der Waals surface area contributed by atoms with E-state index in [2.05, 4.69) is 20.5 Å². The molecule has 2 N–H and O–H groups in total. The number of rotatable bonds is 7. The molecule has 5 rings (SSSR count). The molecule has 164 valence electrons. The summed E-state index contributed by atoms with van der Waals surface area (Å²) in [5.41, 5.74) is 2.88. The van der Waals surface area contributed by atoms with Gasteiger partial charge in [0, 0.05) is 5.92 Å². The van der Waals surface area contributed by atoms with Crippen molar-refractivity contribution in [1.29, 1.82) is 0 Å². The fraction of sp³-hybridized carbons (Fsp3) is 0.238. The van der Waals surface area contributed by atoms with Crippen LogP contribution >= 0.6 is 11.3 Å². The summed E-state index contributed by atoms with van der Waals surface area (Å²) in [4.78, 5) is 17.1. The van der Waals surface area contributed by atoms with Crippen LogP contribution in [-0.4, -0.2) is 34.1 Å². The average molecular weight is 471 g/mol. The quantitative estimate of drug-likeness (QED) is 0.393. The van der Waals surface area contributed by atoms with Gasteiger partial charge in [0.1, 0.15) is 5.01 Å². The first kappa shape index (κ1) is 20.7. The SMILES string of the molecule is O=C(NC(c1nnc(CS(=O)(=O)O)o1)c1nc2ccc(-c3ccccc3)cc2s1)C1CC1. The number of thiazole rings is 1. The highest BCUT2D eigenvalue weighted by Gasteiger charge is 2.34. The summed E-state index contributed by atoms with van der Waals surface area (Å²) >= 11 is 1.38. The van der Waals surface area contributed by atoms with Crippen molar-refractivity contribution in [3.05, 3.63) is 65.3 Å². The number of aromatic nitrogens is 3. The molecule has 2 heterocycles. The minimum atomic E-state index is -4.33. The Morgan fingerprint density at radius 2 is 1.94 bits per heavy atom. The molecular formula is C21H18N4O5S2. The molecule has 2 aromatic heterocycles. The van der Waals surface area contributed by atoms with Crippen molar-refractivity contribution in [2.45, 2.75) is 24.6 Å². The normalized spacial score (nSPS) is 15.0. The minimum Gasteiger partial charge on any atom is -0.421 e. The highest BCUT2D eigenvalue weighted by molar-refractivity contribution is 7.84. The van der Waals surface area contributed by atoms with E-state index in [-0.39, 0.29) is 23.6 Å². The molecule has 1 amide bonds. The molecule has 0 saturated heterocycles. The van der Waals surface area contributed by atoms with Crippen molar-refractivity contribution in [2.75, 3.05) is 0 Å². The molecule has 4 aromatic rings. The van der Waals surface area contributed by atoms with Crippen LogP contribution in [0.4, 0.5) is 0 Å². The smallest absolute Gasteiger partial charge is 0.273 e. The first-order valence-corrected chi connectivity index (χ1v) is 12.3. The second-order valence-electron chi connectivity index (χ2n) is 7.58. The molecule has 0 spiro atoms. The van der Waals surface area contributed by atoms with Gasteiger partial charge in [-0.15, -0.1) is 21.5 Å². The second-order valence-corrected chi connectivity index (χ2v) is 10.1. The highest BCUT2D eigenvalue weighted by atomic mass is 32.2. The molecule has 1 unspecified atom stereocenters. The maximum absolute atomic E-state index is 12.5. The van der Waals surface area contributed by atoms with Gasteiger partial charge >= 0.3 is 0 Å². The topological polar surface area (TPSA) is 135 Å². The number of hydrogen-bond acceptors (Lipinski definition) is 8. The highest BCUT2D eigenvalue weighted by Crippen LogP contribution is 2.35. The number of fused-ring (bicyclic) bond motifs is 1. The van der Waals surface area contributed by atoms with E-state index in [4.69, 9.17) is 8.97 Å². The lowest BCUT2D eigenvalue weighted by Gasteiger charge is -2.12. The van der Waals surface area contributed by atoms with E-state index < -0.39 is 21.9 Å². The number of nitrogens with zero attached hydrogens (tertiary/aromatic N) is 3. The van der Waals surface area contributed by atoms with Gasteiger partial charge in [-0.2, -0.15) is 8.42 Å². The van der Waals surface area contributed by atoms with Crippen LogP contribution in [-0.2, 0) is 20.7 Å². The van der Waals surface area contributed by atoms with E-state index in [1.54, 1.807) is 0 Å². The summed E-state index contributed by atoms with van der Waals surface area (Å²) in [6.07, 6.45) is 1.63. The van der Waals surface area contributed by atoms with Gasteiger partial charge in [-0.1, -0.05) is 36.4 Å². The van der Waals surface area contributed by atoms with Gasteiger partial charge in [-0.25, -0.2) is 4.98 Å². The van der Waals surface area contributed by atoms with Crippen LogP contribution < -0.4 is 5.32 Å². The van der Waals surface area contributed by atoms with E-state index in [9.17, 15) is 13.2 Å². The van der Waals surface area contributed by atoms with Crippen molar-refractivity contribution in [1.82, 2.24) is 20.5 Å². The summed E-state index contributed by atoms with van der Waals surface area (Å²) in [6, 6.07) is 15.1. The van der Waals surface area contributed by atoms with Gasteiger partial charge in [0.05, 0.1) is 10.2 Å². The second kappa shape index (κ2) is 8.08. The van der Waals surface area contributed by atoms with Gasteiger partial charge < -0.3 is 9.73 Å². The first-order valence-electron chi connectivity index (χ1n) is 9.89. The maximum atomic E-state index is 12.5. The minimum absolute atomic E-state index is 0.0139. The number of carbonyl (C=O) groups excluding carboxylic acids is 1. The number of nitrogens with one attached hydrogen (secondary N) is 1. The molecule has 2 aromatic carbocycles. The zero-order valence-electron chi connectivity index (χ0n) is 16.6. The predicted octanol–water partition coefficient (Wildman–Crippen LogP) is 3.35. The Hall–Kier alpha value is -3.15. The molecule has 11 heteroatoms. The monoisotopic (exact) mass is 470 g/mol. The third-order valence-corrected chi connectivity index (χ3v) is 6.72. The predicted molar refractivity (Wildman–Crippen MR) is 117 cm³/mol. The van der Waals surface area contributed by atoms with Gasteiger partial charge in [0.25, 0.3) is 10.1 Å². The van der Waals surface area contributed by atoms with Gasteiger partial charge in [-0.05, 0) is 36.1 Å². The summed E-state index contributed by atoms with van der Waals surface area (Å²) in [5.74, 6) is -1.25. The van der Waals surface area contributed by atoms with Crippen LogP contribution in [0.3, 0.4) is 0 Å². The molecule has 1 fully saturated rings. The molecule has 0 bridgehead atoms. The summed E-state index contributed by atoms with van der Waals surface area (Å²) in [6.45, 7) is 0.